The van der Waals surface area contributed by atoms with Crippen molar-refractivity contribution in [2.45, 2.75) is 6.54 Å². The van der Waals surface area contributed by atoms with Crippen LogP contribution in [0.25, 0.3) is 10.9 Å². The number of fused-ring (bicyclic) bond motifs is 1. The summed E-state index contributed by atoms with van der Waals surface area (Å²) in [6, 6.07) is 13.2. The first-order valence-corrected chi connectivity index (χ1v) is 10.5. The summed E-state index contributed by atoms with van der Waals surface area (Å²) in [4.78, 5) is 29.1. The van der Waals surface area contributed by atoms with E-state index in [2.05, 4.69) is 20.4 Å². The number of nitrogens with one attached hydrogen (secondary N) is 2. The van der Waals surface area contributed by atoms with Crippen LogP contribution < -0.4 is 14.8 Å². The Morgan fingerprint density at radius 2 is 1.78 bits per heavy atom. The molecule has 1 saturated heterocycles. The van der Waals surface area contributed by atoms with E-state index in [1.165, 1.54) is 0 Å². The van der Waals surface area contributed by atoms with Gasteiger partial charge in [0.2, 0.25) is 5.91 Å². The quantitative estimate of drug-likeness (QED) is 0.583. The van der Waals surface area contributed by atoms with Gasteiger partial charge in [-0.25, -0.2) is 0 Å². The minimum absolute atomic E-state index is 0.0575. The van der Waals surface area contributed by atoms with Gasteiger partial charge in [0.1, 0.15) is 0 Å². The molecule has 1 aromatic heterocycles. The van der Waals surface area contributed by atoms with E-state index in [1.807, 2.05) is 42.5 Å². The highest BCUT2D eigenvalue weighted by Gasteiger charge is 2.25. The van der Waals surface area contributed by atoms with E-state index in [1.54, 1.807) is 19.1 Å². The van der Waals surface area contributed by atoms with Crippen LogP contribution in [0.3, 0.4) is 0 Å². The summed E-state index contributed by atoms with van der Waals surface area (Å²) < 4.78 is 10.5. The smallest absolute Gasteiger partial charge is 0.275 e. The Morgan fingerprint density at radius 3 is 2.53 bits per heavy atom. The maximum Gasteiger partial charge on any atom is 0.275 e. The van der Waals surface area contributed by atoms with Crippen LogP contribution in [0, 0.1) is 0 Å². The van der Waals surface area contributed by atoms with Gasteiger partial charge in [0.05, 0.1) is 26.3 Å². The van der Waals surface area contributed by atoms with Crippen molar-refractivity contribution in [2.24, 2.45) is 0 Å². The van der Waals surface area contributed by atoms with Crippen molar-refractivity contribution in [1.82, 2.24) is 25.3 Å². The third-order valence-corrected chi connectivity index (χ3v) is 5.64. The van der Waals surface area contributed by atoms with Crippen LogP contribution in [0.4, 0.5) is 0 Å². The van der Waals surface area contributed by atoms with Crippen molar-refractivity contribution in [3.05, 3.63) is 53.7 Å². The number of hydrogen-bond acceptors (Lipinski definition) is 6. The first kappa shape index (κ1) is 21.6. The van der Waals surface area contributed by atoms with E-state index in [0.29, 0.717) is 56.5 Å². The van der Waals surface area contributed by atoms with Crippen molar-refractivity contribution in [3.63, 3.8) is 0 Å². The minimum Gasteiger partial charge on any atom is -0.493 e. The number of piperazine rings is 1. The van der Waals surface area contributed by atoms with Gasteiger partial charge in [0.15, 0.2) is 17.2 Å². The molecule has 0 spiro atoms. The first-order valence-electron chi connectivity index (χ1n) is 10.5. The number of hydrogen-bond donors (Lipinski definition) is 2. The van der Waals surface area contributed by atoms with Crippen molar-refractivity contribution in [1.29, 1.82) is 0 Å². The summed E-state index contributed by atoms with van der Waals surface area (Å²) in [6.07, 6.45) is 0. The first-order chi connectivity index (χ1) is 15.6. The largest absolute Gasteiger partial charge is 0.493 e. The molecule has 1 aliphatic heterocycles. The third kappa shape index (κ3) is 4.67. The Balaban J connectivity index is 1.26. The molecule has 168 valence electrons. The summed E-state index contributed by atoms with van der Waals surface area (Å²) in [5.74, 6) is 1.14. The van der Waals surface area contributed by atoms with Gasteiger partial charge in [-0.15, -0.1) is 0 Å². The summed E-state index contributed by atoms with van der Waals surface area (Å²) in [5.41, 5.74) is 2.22. The molecule has 0 atom stereocenters. The average molecular weight is 438 g/mol. The monoisotopic (exact) mass is 437 g/mol. The van der Waals surface area contributed by atoms with Gasteiger partial charge in [-0.3, -0.25) is 19.6 Å². The van der Waals surface area contributed by atoms with Gasteiger partial charge >= 0.3 is 0 Å². The Hall–Kier alpha value is -3.59. The highest BCUT2D eigenvalue weighted by Crippen LogP contribution is 2.27. The number of nitrogens with zero attached hydrogens (tertiary/aromatic N) is 3. The second-order valence-electron chi connectivity index (χ2n) is 7.65. The number of ether oxygens (including phenoxy) is 2. The predicted octanol–water partition coefficient (Wildman–Crippen LogP) is 1.65. The fourth-order valence-electron chi connectivity index (χ4n) is 3.84. The van der Waals surface area contributed by atoms with Gasteiger partial charge in [-0.1, -0.05) is 24.3 Å². The summed E-state index contributed by atoms with van der Waals surface area (Å²) in [5, 5.41) is 10.9. The molecule has 2 N–H and O–H groups in total. The van der Waals surface area contributed by atoms with Crippen LogP contribution in [0.1, 0.15) is 16.1 Å². The Bertz CT molecular complexity index is 1100. The van der Waals surface area contributed by atoms with Crippen molar-refractivity contribution < 1.29 is 19.1 Å². The second-order valence-corrected chi connectivity index (χ2v) is 7.65. The second kappa shape index (κ2) is 9.69. The minimum atomic E-state index is -0.0833. The number of benzene rings is 2. The molecular weight excluding hydrogens is 410 g/mol. The van der Waals surface area contributed by atoms with Crippen molar-refractivity contribution in [2.75, 3.05) is 46.9 Å². The topological polar surface area (TPSA) is 99.8 Å². The van der Waals surface area contributed by atoms with Gasteiger partial charge in [-0.2, -0.15) is 5.10 Å². The van der Waals surface area contributed by atoms with Gasteiger partial charge in [0.25, 0.3) is 5.91 Å². The highest BCUT2D eigenvalue weighted by atomic mass is 16.5. The standard InChI is InChI=1S/C23H27N5O4/c1-31-19-8-7-16(13-20(19)32-2)14-24-21(29)15-27-9-11-28(12-10-27)23(30)22-17-5-3-4-6-18(17)25-26-22/h3-8,13H,9-12,14-15H2,1-2H3,(H,24,29)(H,25,26). The van der Waals surface area contributed by atoms with E-state index >= 15 is 0 Å². The molecule has 0 radical (unpaired) electrons. The van der Waals surface area contributed by atoms with Crippen LogP contribution in [0.5, 0.6) is 11.5 Å². The van der Waals surface area contributed by atoms with Crippen molar-refractivity contribution >= 4 is 22.7 Å². The van der Waals surface area contributed by atoms with Gasteiger partial charge < -0.3 is 19.7 Å². The summed E-state index contributed by atoms with van der Waals surface area (Å²) in [7, 11) is 3.17. The lowest BCUT2D eigenvalue weighted by atomic mass is 10.2. The lowest BCUT2D eigenvalue weighted by Crippen LogP contribution is -2.51. The number of amides is 2. The van der Waals surface area contributed by atoms with Crippen LogP contribution in [0.2, 0.25) is 0 Å². The summed E-state index contributed by atoms with van der Waals surface area (Å²) in [6.45, 7) is 3.09. The third-order valence-electron chi connectivity index (χ3n) is 5.64. The molecule has 0 aliphatic carbocycles. The van der Waals surface area contributed by atoms with Crippen LogP contribution in [0.15, 0.2) is 42.5 Å². The number of methoxy groups -OCH3 is 2. The highest BCUT2D eigenvalue weighted by molar-refractivity contribution is 6.04. The fourth-order valence-corrected chi connectivity index (χ4v) is 3.84. The molecule has 2 amide bonds. The van der Waals surface area contributed by atoms with E-state index in [-0.39, 0.29) is 11.8 Å². The number of H-pyrrole nitrogens is 1. The number of carbonyl (C=O) groups is 2. The maximum atomic E-state index is 12.9. The van der Waals surface area contributed by atoms with Crippen LogP contribution in [-0.4, -0.2) is 78.8 Å². The average Bonchev–Trinajstić information content (AvgIpc) is 3.26. The van der Waals surface area contributed by atoms with E-state index in [0.717, 1.165) is 16.5 Å². The molecule has 2 aromatic carbocycles. The fraction of sp³-hybridized carbons (Fsp3) is 0.348. The van der Waals surface area contributed by atoms with Crippen molar-refractivity contribution in [3.8, 4) is 11.5 Å². The number of aromatic nitrogens is 2. The predicted molar refractivity (Wildman–Crippen MR) is 120 cm³/mol. The molecule has 4 rings (SSSR count). The number of rotatable bonds is 7. The van der Waals surface area contributed by atoms with Crippen LogP contribution >= 0.6 is 0 Å². The molecule has 9 nitrogen and oxygen atoms in total. The SMILES string of the molecule is COc1ccc(CNC(=O)CN2CCN(C(=O)c3n[nH]c4ccccc34)CC2)cc1OC. The molecule has 9 heteroatoms. The summed E-state index contributed by atoms with van der Waals surface area (Å²) >= 11 is 0. The Labute approximate surface area is 186 Å². The molecular formula is C23H27N5O4. The lowest BCUT2D eigenvalue weighted by molar-refractivity contribution is -0.122. The molecule has 1 fully saturated rings. The van der Waals surface area contributed by atoms with E-state index in [9.17, 15) is 9.59 Å². The number of carbonyl (C=O) groups excluding carboxylic acids is 2. The molecule has 0 unspecified atom stereocenters. The Morgan fingerprint density at radius 1 is 1.03 bits per heavy atom. The van der Waals surface area contributed by atoms with E-state index in [4.69, 9.17) is 9.47 Å². The molecule has 3 aromatic rings. The molecule has 1 aliphatic rings. The van der Waals surface area contributed by atoms with E-state index < -0.39 is 0 Å². The zero-order chi connectivity index (χ0) is 22.5. The molecule has 2 heterocycles. The number of para-hydroxylation sites is 1. The Kier molecular flexibility index (Phi) is 6.55. The molecule has 0 saturated carbocycles. The van der Waals surface area contributed by atoms with Crippen LogP contribution in [-0.2, 0) is 11.3 Å². The lowest BCUT2D eigenvalue weighted by Gasteiger charge is -2.34. The normalized spacial score (nSPS) is 14.4. The molecule has 0 bridgehead atoms. The van der Waals surface area contributed by atoms with Gasteiger partial charge in [-0.05, 0) is 23.8 Å². The maximum absolute atomic E-state index is 12.9. The number of aromatic amines is 1. The van der Waals surface area contributed by atoms with Gasteiger partial charge in [0, 0.05) is 38.1 Å². The zero-order valence-corrected chi connectivity index (χ0v) is 18.3. The molecule has 32 heavy (non-hydrogen) atoms. The zero-order valence-electron chi connectivity index (χ0n) is 18.3.